The monoisotopic (exact) mass is 304 g/mol. The van der Waals surface area contributed by atoms with Crippen LogP contribution in [-0.4, -0.2) is 27.1 Å². The Bertz CT molecular complexity index is 649. The van der Waals surface area contributed by atoms with Gasteiger partial charge in [-0.05, 0) is 32.1 Å². The lowest BCUT2D eigenvalue weighted by Crippen LogP contribution is -2.33. The molecule has 1 N–H and O–H groups in total. The Morgan fingerprint density at radius 2 is 2.18 bits per heavy atom. The van der Waals surface area contributed by atoms with Crippen LogP contribution in [0.25, 0.3) is 0 Å². The van der Waals surface area contributed by atoms with Crippen LogP contribution in [0.2, 0.25) is 0 Å². The summed E-state index contributed by atoms with van der Waals surface area (Å²) in [6.07, 6.45) is 5.75. The Hall–Kier alpha value is -2.18. The first-order chi connectivity index (χ1) is 10.7. The Morgan fingerprint density at radius 3 is 2.86 bits per heavy atom. The molecule has 7 nitrogen and oxygen atoms in total. The number of carbonyl (C=O) groups is 1. The van der Waals surface area contributed by atoms with E-state index in [9.17, 15) is 4.79 Å². The average Bonchev–Trinajstić information content (AvgIpc) is 3.21. The number of hydrogen-bond donors (Lipinski definition) is 1. The van der Waals surface area contributed by atoms with Crippen LogP contribution in [0.3, 0.4) is 0 Å². The summed E-state index contributed by atoms with van der Waals surface area (Å²) in [6, 6.07) is 0.163. The van der Waals surface area contributed by atoms with Gasteiger partial charge in [-0.1, -0.05) is 6.92 Å². The van der Waals surface area contributed by atoms with Gasteiger partial charge in [0.1, 0.15) is 0 Å². The third-order valence-electron chi connectivity index (χ3n) is 4.10. The SMILES string of the molecule is CCc1nnc(C[C@@H]2CC[C@H](NC(=O)c3ocnc3C)C2)o1. The quantitative estimate of drug-likeness (QED) is 0.908. The van der Waals surface area contributed by atoms with Crippen molar-refractivity contribution in [3.8, 4) is 0 Å². The van der Waals surface area contributed by atoms with Crippen molar-refractivity contribution < 1.29 is 13.6 Å². The molecule has 1 fully saturated rings. The molecule has 0 saturated heterocycles. The molecule has 118 valence electrons. The molecule has 2 aromatic rings. The van der Waals surface area contributed by atoms with Gasteiger partial charge in [-0.3, -0.25) is 4.79 Å². The van der Waals surface area contributed by atoms with Crippen molar-refractivity contribution >= 4 is 5.91 Å². The first-order valence-corrected chi connectivity index (χ1v) is 7.68. The summed E-state index contributed by atoms with van der Waals surface area (Å²) in [5.41, 5.74) is 0.616. The number of aryl methyl sites for hydroxylation is 2. The van der Waals surface area contributed by atoms with E-state index in [1.807, 2.05) is 6.92 Å². The fourth-order valence-electron chi connectivity index (χ4n) is 2.92. The van der Waals surface area contributed by atoms with Gasteiger partial charge in [0.25, 0.3) is 5.91 Å². The second-order valence-electron chi connectivity index (χ2n) is 5.76. The third-order valence-corrected chi connectivity index (χ3v) is 4.10. The van der Waals surface area contributed by atoms with Crippen molar-refractivity contribution in [1.29, 1.82) is 0 Å². The zero-order valence-electron chi connectivity index (χ0n) is 12.8. The molecule has 22 heavy (non-hydrogen) atoms. The van der Waals surface area contributed by atoms with Crippen LogP contribution in [0.15, 0.2) is 15.2 Å². The minimum atomic E-state index is -0.188. The highest BCUT2D eigenvalue weighted by atomic mass is 16.4. The lowest BCUT2D eigenvalue weighted by atomic mass is 10.0. The van der Waals surface area contributed by atoms with Crippen LogP contribution in [-0.2, 0) is 12.8 Å². The van der Waals surface area contributed by atoms with E-state index in [0.717, 1.165) is 32.1 Å². The van der Waals surface area contributed by atoms with Crippen molar-refractivity contribution in [2.24, 2.45) is 5.92 Å². The highest BCUT2D eigenvalue weighted by Gasteiger charge is 2.28. The van der Waals surface area contributed by atoms with Crippen LogP contribution in [0.5, 0.6) is 0 Å². The van der Waals surface area contributed by atoms with Gasteiger partial charge < -0.3 is 14.2 Å². The summed E-state index contributed by atoms with van der Waals surface area (Å²) < 4.78 is 10.7. The molecule has 0 aromatic carbocycles. The summed E-state index contributed by atoms with van der Waals surface area (Å²) >= 11 is 0. The Kier molecular flexibility index (Phi) is 4.22. The maximum atomic E-state index is 12.1. The highest BCUT2D eigenvalue weighted by molar-refractivity contribution is 5.92. The van der Waals surface area contributed by atoms with Crippen molar-refractivity contribution in [3.63, 3.8) is 0 Å². The van der Waals surface area contributed by atoms with Crippen molar-refractivity contribution in [3.05, 3.63) is 29.6 Å². The number of hydrogen-bond acceptors (Lipinski definition) is 6. The van der Waals surface area contributed by atoms with E-state index >= 15 is 0 Å². The molecule has 2 atom stereocenters. The van der Waals surface area contributed by atoms with Gasteiger partial charge in [0, 0.05) is 18.9 Å². The molecule has 1 aliphatic rings. The Morgan fingerprint density at radius 1 is 1.36 bits per heavy atom. The van der Waals surface area contributed by atoms with Crippen LogP contribution in [0, 0.1) is 12.8 Å². The van der Waals surface area contributed by atoms with Crippen molar-refractivity contribution in [2.75, 3.05) is 0 Å². The summed E-state index contributed by atoms with van der Waals surface area (Å²) in [5.74, 6) is 1.95. The minimum Gasteiger partial charge on any atom is -0.438 e. The fraction of sp³-hybridized carbons (Fsp3) is 0.600. The van der Waals surface area contributed by atoms with E-state index in [0.29, 0.717) is 29.2 Å². The molecule has 1 aliphatic carbocycles. The molecule has 0 unspecified atom stereocenters. The molecular formula is C15H20N4O3. The largest absolute Gasteiger partial charge is 0.438 e. The van der Waals surface area contributed by atoms with E-state index in [-0.39, 0.29) is 11.9 Å². The number of amides is 1. The molecule has 0 spiro atoms. The average molecular weight is 304 g/mol. The summed E-state index contributed by atoms with van der Waals surface area (Å²) in [4.78, 5) is 16.0. The van der Waals surface area contributed by atoms with Crippen LogP contribution >= 0.6 is 0 Å². The van der Waals surface area contributed by atoms with Gasteiger partial charge in [0.2, 0.25) is 17.5 Å². The predicted octanol–water partition coefficient (Wildman–Crippen LogP) is 2.07. The smallest absolute Gasteiger partial charge is 0.289 e. The van der Waals surface area contributed by atoms with E-state index < -0.39 is 0 Å². The van der Waals surface area contributed by atoms with Gasteiger partial charge in [-0.25, -0.2) is 4.98 Å². The van der Waals surface area contributed by atoms with Gasteiger partial charge in [0.15, 0.2) is 6.39 Å². The zero-order chi connectivity index (χ0) is 15.5. The minimum absolute atomic E-state index is 0.163. The maximum Gasteiger partial charge on any atom is 0.289 e. The third kappa shape index (κ3) is 3.18. The molecule has 0 radical (unpaired) electrons. The number of rotatable bonds is 5. The Labute approximate surface area is 128 Å². The van der Waals surface area contributed by atoms with E-state index in [4.69, 9.17) is 8.83 Å². The number of oxazole rings is 1. The van der Waals surface area contributed by atoms with E-state index in [1.54, 1.807) is 6.92 Å². The fourth-order valence-corrected chi connectivity index (χ4v) is 2.92. The molecule has 0 bridgehead atoms. The summed E-state index contributed by atoms with van der Waals surface area (Å²) in [5, 5.41) is 11.1. The standard InChI is InChI=1S/C15H20N4O3/c1-3-12-18-19-13(22-12)7-10-4-5-11(6-10)17-15(20)14-9(2)16-8-21-14/h8,10-11H,3-7H2,1-2H3,(H,17,20)/t10-,11+/m1/s1. The molecule has 0 aliphatic heterocycles. The van der Waals surface area contributed by atoms with Gasteiger partial charge in [0.05, 0.1) is 5.69 Å². The molecule has 2 aromatic heterocycles. The van der Waals surface area contributed by atoms with Crippen LogP contribution < -0.4 is 5.32 Å². The lowest BCUT2D eigenvalue weighted by Gasteiger charge is -2.11. The van der Waals surface area contributed by atoms with Gasteiger partial charge >= 0.3 is 0 Å². The first-order valence-electron chi connectivity index (χ1n) is 7.68. The highest BCUT2D eigenvalue weighted by Crippen LogP contribution is 2.28. The number of carbonyl (C=O) groups excluding carboxylic acids is 1. The number of aromatic nitrogens is 3. The van der Waals surface area contributed by atoms with Gasteiger partial charge in [-0.2, -0.15) is 0 Å². The van der Waals surface area contributed by atoms with Crippen molar-refractivity contribution in [2.45, 2.75) is 52.0 Å². The number of nitrogens with one attached hydrogen (secondary N) is 1. The lowest BCUT2D eigenvalue weighted by molar-refractivity contribution is 0.0908. The van der Waals surface area contributed by atoms with E-state index in [1.165, 1.54) is 6.39 Å². The van der Waals surface area contributed by atoms with Crippen LogP contribution in [0.1, 0.15) is 54.2 Å². The second kappa shape index (κ2) is 6.29. The second-order valence-corrected chi connectivity index (χ2v) is 5.76. The van der Waals surface area contributed by atoms with E-state index in [2.05, 4.69) is 20.5 Å². The van der Waals surface area contributed by atoms with Gasteiger partial charge in [-0.15, -0.1) is 10.2 Å². The number of nitrogens with zero attached hydrogens (tertiary/aromatic N) is 3. The topological polar surface area (TPSA) is 94.1 Å². The molecule has 7 heteroatoms. The normalized spacial score (nSPS) is 21.2. The predicted molar refractivity (Wildman–Crippen MR) is 77.2 cm³/mol. The molecule has 2 heterocycles. The molecule has 3 rings (SSSR count). The zero-order valence-corrected chi connectivity index (χ0v) is 12.8. The molecule has 1 amide bonds. The Balaban J connectivity index is 1.52. The maximum absolute atomic E-state index is 12.1. The van der Waals surface area contributed by atoms with Crippen molar-refractivity contribution in [1.82, 2.24) is 20.5 Å². The summed E-state index contributed by atoms with van der Waals surface area (Å²) in [6.45, 7) is 3.75. The summed E-state index contributed by atoms with van der Waals surface area (Å²) in [7, 11) is 0. The molecule has 1 saturated carbocycles. The van der Waals surface area contributed by atoms with Crippen LogP contribution in [0.4, 0.5) is 0 Å². The molecular weight excluding hydrogens is 284 g/mol. The first kappa shape index (κ1) is 14.7.